The topological polar surface area (TPSA) is 91.3 Å². The molecule has 10 heteroatoms. The van der Waals surface area contributed by atoms with E-state index >= 15 is 0 Å². The van der Waals surface area contributed by atoms with E-state index in [-0.39, 0.29) is 11.3 Å². The van der Waals surface area contributed by atoms with Crippen LogP contribution in [0.5, 0.6) is 0 Å². The molecule has 0 aliphatic rings. The first-order valence-corrected chi connectivity index (χ1v) is 10.3. The molecule has 1 aromatic heterocycles. The molecule has 3 aromatic rings. The fraction of sp³-hybridized carbons (Fsp3) is 0. The van der Waals surface area contributed by atoms with Gasteiger partial charge in [-0.2, -0.15) is 0 Å². The van der Waals surface area contributed by atoms with Crippen LogP contribution in [-0.2, 0) is 11.3 Å². The fourth-order valence-corrected chi connectivity index (χ4v) is 3.65. The minimum absolute atomic E-state index is 0.153. The standard InChI is InChI=1S/C16H11BrClN3O3S2/c17-10-3-1-9(2-4-10)14-8-25-16(19-14)20-15(22)12-6-5-11(18)7-13(12)21-26(23)24/h1-8,21H,(H,23,24)(H,19,20,22). The van der Waals surface area contributed by atoms with Gasteiger partial charge in [-0.15, -0.1) is 11.3 Å². The molecule has 6 nitrogen and oxygen atoms in total. The molecule has 0 spiro atoms. The molecule has 0 radical (unpaired) electrons. The molecule has 3 rings (SSSR count). The Balaban J connectivity index is 1.81. The number of nitrogens with zero attached hydrogens (tertiary/aromatic N) is 1. The number of halogens is 2. The third kappa shape index (κ3) is 4.68. The molecule has 1 amide bonds. The lowest BCUT2D eigenvalue weighted by molar-refractivity contribution is 0.102. The highest BCUT2D eigenvalue weighted by Crippen LogP contribution is 2.27. The number of carbonyl (C=O) groups excluding carboxylic acids is 1. The minimum Gasteiger partial charge on any atom is -0.298 e. The number of hydrogen-bond donors (Lipinski definition) is 3. The summed E-state index contributed by atoms with van der Waals surface area (Å²) in [5, 5.41) is 5.27. The van der Waals surface area contributed by atoms with Crippen molar-refractivity contribution >= 4 is 66.9 Å². The normalized spacial score (nSPS) is 11.8. The lowest BCUT2D eigenvalue weighted by atomic mass is 10.1. The first-order valence-electron chi connectivity index (χ1n) is 7.12. The third-order valence-corrected chi connectivity index (χ3v) is 5.20. The maximum absolute atomic E-state index is 12.5. The van der Waals surface area contributed by atoms with Gasteiger partial charge in [-0.3, -0.25) is 19.4 Å². The highest BCUT2D eigenvalue weighted by Gasteiger charge is 2.15. The van der Waals surface area contributed by atoms with Gasteiger partial charge in [0.25, 0.3) is 17.2 Å². The summed E-state index contributed by atoms with van der Waals surface area (Å²) >= 11 is 8.22. The van der Waals surface area contributed by atoms with Gasteiger partial charge in [0.05, 0.1) is 16.9 Å². The van der Waals surface area contributed by atoms with Crippen LogP contribution in [0, 0.1) is 0 Å². The smallest absolute Gasteiger partial charge is 0.259 e. The lowest BCUT2D eigenvalue weighted by Crippen LogP contribution is -2.15. The number of rotatable bonds is 5. The molecule has 0 aliphatic carbocycles. The van der Waals surface area contributed by atoms with Gasteiger partial charge in [-0.05, 0) is 30.3 Å². The molecule has 2 aromatic carbocycles. The van der Waals surface area contributed by atoms with Crippen LogP contribution in [-0.4, -0.2) is 19.7 Å². The Kier molecular flexibility index (Phi) is 6.05. The molecule has 0 aliphatic heterocycles. The summed E-state index contributed by atoms with van der Waals surface area (Å²) in [5.74, 6) is -0.466. The molecule has 26 heavy (non-hydrogen) atoms. The number of carbonyl (C=O) groups is 1. The monoisotopic (exact) mass is 471 g/mol. The van der Waals surface area contributed by atoms with E-state index < -0.39 is 17.2 Å². The van der Waals surface area contributed by atoms with Crippen molar-refractivity contribution in [1.82, 2.24) is 4.98 Å². The molecule has 0 saturated carbocycles. The molecule has 134 valence electrons. The predicted molar refractivity (Wildman–Crippen MR) is 109 cm³/mol. The molecular weight excluding hydrogens is 462 g/mol. The second-order valence-electron chi connectivity index (χ2n) is 5.04. The molecule has 1 unspecified atom stereocenters. The van der Waals surface area contributed by atoms with Crippen molar-refractivity contribution in [3.63, 3.8) is 0 Å². The highest BCUT2D eigenvalue weighted by molar-refractivity contribution is 9.10. The molecule has 0 saturated heterocycles. The number of hydrogen-bond acceptors (Lipinski definition) is 4. The van der Waals surface area contributed by atoms with Gasteiger partial charge >= 0.3 is 0 Å². The van der Waals surface area contributed by atoms with Crippen LogP contribution in [0.15, 0.2) is 52.3 Å². The van der Waals surface area contributed by atoms with E-state index in [1.54, 1.807) is 0 Å². The van der Waals surface area contributed by atoms with Gasteiger partial charge in [-0.25, -0.2) is 9.19 Å². The summed E-state index contributed by atoms with van der Waals surface area (Å²) in [6.45, 7) is 0. The molecule has 0 fully saturated rings. The number of nitrogens with one attached hydrogen (secondary N) is 2. The van der Waals surface area contributed by atoms with Crippen molar-refractivity contribution in [3.8, 4) is 11.3 Å². The van der Waals surface area contributed by atoms with Gasteiger partial charge in [0, 0.05) is 20.4 Å². The predicted octanol–water partition coefficient (Wildman–Crippen LogP) is 5.03. The average molecular weight is 473 g/mol. The van der Waals surface area contributed by atoms with E-state index in [4.69, 9.17) is 16.2 Å². The zero-order chi connectivity index (χ0) is 18.7. The van der Waals surface area contributed by atoms with Crippen LogP contribution >= 0.6 is 38.9 Å². The molecule has 0 bridgehead atoms. The van der Waals surface area contributed by atoms with Crippen LogP contribution in [0.4, 0.5) is 10.8 Å². The third-order valence-electron chi connectivity index (χ3n) is 3.29. The largest absolute Gasteiger partial charge is 0.298 e. The minimum atomic E-state index is -2.33. The maximum atomic E-state index is 12.5. The van der Waals surface area contributed by atoms with Crippen molar-refractivity contribution in [2.24, 2.45) is 0 Å². The number of thiazole rings is 1. The summed E-state index contributed by atoms with van der Waals surface area (Å²) in [6, 6.07) is 12.1. The Morgan fingerprint density at radius 3 is 2.65 bits per heavy atom. The second-order valence-corrected chi connectivity index (χ2v) is 7.95. The average Bonchev–Trinajstić information content (AvgIpc) is 3.03. The quantitative estimate of drug-likeness (QED) is 0.454. The summed E-state index contributed by atoms with van der Waals surface area (Å²) in [7, 11) is 0. The number of amides is 1. The molecular formula is C16H11BrClN3O3S2. The van der Waals surface area contributed by atoms with Gasteiger partial charge in [0.2, 0.25) is 0 Å². The van der Waals surface area contributed by atoms with Crippen LogP contribution in [0.1, 0.15) is 10.4 Å². The van der Waals surface area contributed by atoms with Gasteiger partial charge in [0.15, 0.2) is 5.13 Å². The second kappa shape index (κ2) is 8.28. The summed E-state index contributed by atoms with van der Waals surface area (Å²) in [5.41, 5.74) is 2.00. The Morgan fingerprint density at radius 2 is 1.96 bits per heavy atom. The van der Waals surface area contributed by atoms with Gasteiger partial charge in [0.1, 0.15) is 0 Å². The molecule has 3 N–H and O–H groups in total. The van der Waals surface area contributed by atoms with Crippen molar-refractivity contribution < 1.29 is 13.6 Å². The van der Waals surface area contributed by atoms with Crippen LogP contribution in [0.3, 0.4) is 0 Å². The first kappa shape index (κ1) is 19.0. The van der Waals surface area contributed by atoms with Crippen molar-refractivity contribution in [2.45, 2.75) is 0 Å². The van der Waals surface area contributed by atoms with E-state index in [0.717, 1.165) is 15.7 Å². The fourth-order valence-electron chi connectivity index (χ4n) is 2.14. The number of aromatic nitrogens is 1. The Labute approximate surface area is 169 Å². The van der Waals surface area contributed by atoms with E-state index in [0.29, 0.717) is 10.2 Å². The maximum Gasteiger partial charge on any atom is 0.259 e. The van der Waals surface area contributed by atoms with Crippen molar-refractivity contribution in [1.29, 1.82) is 0 Å². The lowest BCUT2D eigenvalue weighted by Gasteiger charge is -2.09. The SMILES string of the molecule is O=C(Nc1nc(-c2ccc(Br)cc2)cs1)c1ccc(Cl)cc1NS(=O)O. The Morgan fingerprint density at radius 1 is 1.23 bits per heavy atom. The highest BCUT2D eigenvalue weighted by atomic mass is 79.9. The number of anilines is 2. The van der Waals surface area contributed by atoms with Crippen molar-refractivity contribution in [2.75, 3.05) is 10.0 Å². The zero-order valence-corrected chi connectivity index (χ0v) is 16.9. The van der Waals surface area contributed by atoms with E-state index in [1.807, 2.05) is 29.6 Å². The Hall–Kier alpha value is -1.78. The summed E-state index contributed by atoms with van der Waals surface area (Å²) in [4.78, 5) is 16.9. The molecule has 1 heterocycles. The summed E-state index contributed by atoms with van der Waals surface area (Å²) < 4.78 is 23.3. The van der Waals surface area contributed by atoms with Crippen LogP contribution < -0.4 is 10.0 Å². The summed E-state index contributed by atoms with van der Waals surface area (Å²) in [6.07, 6.45) is 0. The first-order chi connectivity index (χ1) is 12.4. The van der Waals surface area contributed by atoms with Crippen LogP contribution in [0.25, 0.3) is 11.3 Å². The van der Waals surface area contributed by atoms with E-state index in [9.17, 15) is 9.00 Å². The van der Waals surface area contributed by atoms with Gasteiger partial charge in [-0.1, -0.05) is 39.7 Å². The van der Waals surface area contributed by atoms with Crippen molar-refractivity contribution in [3.05, 3.63) is 62.9 Å². The van der Waals surface area contributed by atoms with Gasteiger partial charge < -0.3 is 0 Å². The Bertz CT molecular complexity index is 979. The molecule has 1 atom stereocenters. The van der Waals surface area contributed by atoms with Crippen LogP contribution in [0.2, 0.25) is 5.02 Å². The zero-order valence-electron chi connectivity index (χ0n) is 12.9. The van der Waals surface area contributed by atoms with E-state index in [2.05, 4.69) is 31.0 Å². The number of benzene rings is 2. The van der Waals surface area contributed by atoms with E-state index in [1.165, 1.54) is 29.5 Å².